The fourth-order valence-electron chi connectivity index (χ4n) is 1.58. The van der Waals surface area contributed by atoms with E-state index in [9.17, 15) is 13.6 Å². The van der Waals surface area contributed by atoms with Crippen LogP contribution in [-0.2, 0) is 6.54 Å². The average molecular weight is 362 g/mol. The van der Waals surface area contributed by atoms with Gasteiger partial charge in [-0.1, -0.05) is 12.1 Å². The van der Waals surface area contributed by atoms with Gasteiger partial charge in [0.25, 0.3) is 5.56 Å². The van der Waals surface area contributed by atoms with Gasteiger partial charge in [-0.05, 0) is 35.6 Å². The smallest absolute Gasteiger partial charge is 0.267 e. The molecular formula is C12H9F2IN2O. The first kappa shape index (κ1) is 13.1. The molecule has 3 nitrogen and oxygen atoms in total. The highest BCUT2D eigenvalue weighted by molar-refractivity contribution is 14.1. The Morgan fingerprint density at radius 3 is 2.83 bits per heavy atom. The van der Waals surface area contributed by atoms with Gasteiger partial charge in [0, 0.05) is 11.8 Å². The molecule has 0 radical (unpaired) electrons. The van der Waals surface area contributed by atoms with Crippen LogP contribution in [0.3, 0.4) is 0 Å². The Kier molecular flexibility index (Phi) is 3.74. The third-order valence-corrected chi connectivity index (χ3v) is 3.30. The van der Waals surface area contributed by atoms with Crippen LogP contribution in [0.25, 0.3) is 0 Å². The van der Waals surface area contributed by atoms with Crippen LogP contribution in [0.1, 0.15) is 11.4 Å². The van der Waals surface area contributed by atoms with Crippen molar-refractivity contribution in [3.05, 3.63) is 61.3 Å². The summed E-state index contributed by atoms with van der Waals surface area (Å²) in [4.78, 5) is 15.9. The second-order valence-corrected chi connectivity index (χ2v) is 4.92. The lowest BCUT2D eigenvalue weighted by Crippen LogP contribution is -2.26. The summed E-state index contributed by atoms with van der Waals surface area (Å²) in [6.07, 6.45) is 1.46. The molecule has 0 spiro atoms. The van der Waals surface area contributed by atoms with Gasteiger partial charge in [0.2, 0.25) is 0 Å². The number of benzene rings is 1. The van der Waals surface area contributed by atoms with E-state index in [0.717, 1.165) is 6.07 Å². The lowest BCUT2D eigenvalue weighted by atomic mass is 10.2. The standard InChI is InChI=1S/C12H9F2IN2O/c1-7-16-5-10(15)12(18)17(7)6-8-3-2-4-9(13)11(8)14/h2-5H,6H2,1H3. The highest BCUT2D eigenvalue weighted by atomic mass is 127. The predicted octanol–water partition coefficient (Wildman–Crippen LogP) is 2.48. The van der Waals surface area contributed by atoms with Gasteiger partial charge in [0.15, 0.2) is 11.6 Å². The minimum atomic E-state index is -0.928. The van der Waals surface area contributed by atoms with E-state index in [2.05, 4.69) is 4.98 Å². The summed E-state index contributed by atoms with van der Waals surface area (Å²) in [5, 5.41) is 0. The summed E-state index contributed by atoms with van der Waals surface area (Å²) in [6, 6.07) is 3.90. The zero-order valence-corrected chi connectivity index (χ0v) is 11.6. The summed E-state index contributed by atoms with van der Waals surface area (Å²) < 4.78 is 28.4. The summed E-state index contributed by atoms with van der Waals surface area (Å²) in [5.41, 5.74) is -0.129. The van der Waals surface area contributed by atoms with Gasteiger partial charge >= 0.3 is 0 Å². The van der Waals surface area contributed by atoms with Crippen molar-refractivity contribution >= 4 is 22.6 Å². The van der Waals surface area contributed by atoms with Crippen LogP contribution < -0.4 is 5.56 Å². The summed E-state index contributed by atoms with van der Waals surface area (Å²) in [6.45, 7) is 1.62. The van der Waals surface area contributed by atoms with E-state index in [1.807, 2.05) is 22.6 Å². The Hall–Kier alpha value is -1.31. The van der Waals surface area contributed by atoms with Gasteiger partial charge < -0.3 is 0 Å². The molecule has 0 aliphatic heterocycles. The number of hydrogen-bond acceptors (Lipinski definition) is 2. The average Bonchev–Trinajstić information content (AvgIpc) is 2.35. The van der Waals surface area contributed by atoms with Gasteiger partial charge in [-0.25, -0.2) is 13.8 Å². The minimum absolute atomic E-state index is 0.0297. The normalized spacial score (nSPS) is 10.7. The van der Waals surface area contributed by atoms with Crippen LogP contribution in [-0.4, -0.2) is 9.55 Å². The van der Waals surface area contributed by atoms with Crippen LogP contribution in [0.15, 0.2) is 29.2 Å². The van der Waals surface area contributed by atoms with E-state index >= 15 is 0 Å². The molecule has 0 unspecified atom stereocenters. The van der Waals surface area contributed by atoms with Gasteiger partial charge in [-0.2, -0.15) is 0 Å². The summed E-state index contributed by atoms with van der Waals surface area (Å²) in [5.74, 6) is -1.39. The molecule has 0 saturated carbocycles. The molecule has 0 aliphatic carbocycles. The summed E-state index contributed by atoms with van der Waals surface area (Å²) >= 11 is 1.86. The molecule has 0 aliphatic rings. The molecule has 18 heavy (non-hydrogen) atoms. The third-order valence-electron chi connectivity index (χ3n) is 2.56. The minimum Gasteiger partial charge on any atom is -0.291 e. The third kappa shape index (κ3) is 2.43. The van der Waals surface area contributed by atoms with Crippen molar-refractivity contribution < 1.29 is 8.78 Å². The zero-order valence-electron chi connectivity index (χ0n) is 9.45. The molecule has 2 aromatic rings. The Morgan fingerprint density at radius 1 is 1.39 bits per heavy atom. The number of aromatic nitrogens is 2. The maximum atomic E-state index is 13.5. The number of halogens is 3. The van der Waals surface area contributed by atoms with Gasteiger partial charge in [-0.3, -0.25) is 9.36 Å². The number of hydrogen-bond donors (Lipinski definition) is 0. The quantitative estimate of drug-likeness (QED) is 0.770. The van der Waals surface area contributed by atoms with Crippen molar-refractivity contribution in [3.8, 4) is 0 Å². The van der Waals surface area contributed by atoms with Crippen LogP contribution in [0.4, 0.5) is 8.78 Å². The first-order valence-corrected chi connectivity index (χ1v) is 6.23. The Labute approximate surface area is 116 Å². The van der Waals surface area contributed by atoms with Crippen LogP contribution in [0.2, 0.25) is 0 Å². The lowest BCUT2D eigenvalue weighted by molar-refractivity contribution is 0.493. The van der Waals surface area contributed by atoms with Crippen molar-refractivity contribution in [1.82, 2.24) is 9.55 Å². The van der Waals surface area contributed by atoms with E-state index in [-0.39, 0.29) is 17.7 Å². The Morgan fingerprint density at radius 2 is 2.11 bits per heavy atom. The molecule has 0 bridgehead atoms. The molecule has 1 aromatic heterocycles. The number of aryl methyl sites for hydroxylation is 1. The molecule has 94 valence electrons. The molecular weight excluding hydrogens is 353 g/mol. The van der Waals surface area contributed by atoms with E-state index in [1.165, 1.54) is 22.9 Å². The molecule has 6 heteroatoms. The van der Waals surface area contributed by atoms with Gasteiger partial charge in [-0.15, -0.1) is 0 Å². The van der Waals surface area contributed by atoms with Crippen molar-refractivity contribution in [3.63, 3.8) is 0 Å². The van der Waals surface area contributed by atoms with E-state index < -0.39 is 11.6 Å². The fourth-order valence-corrected chi connectivity index (χ4v) is 2.01. The van der Waals surface area contributed by atoms with Crippen molar-refractivity contribution in [2.75, 3.05) is 0 Å². The molecule has 0 amide bonds. The summed E-state index contributed by atoms with van der Waals surface area (Å²) in [7, 11) is 0. The van der Waals surface area contributed by atoms with Crippen molar-refractivity contribution in [2.24, 2.45) is 0 Å². The van der Waals surface area contributed by atoms with E-state index in [0.29, 0.717) is 9.39 Å². The molecule has 1 aromatic carbocycles. The predicted molar refractivity (Wildman–Crippen MR) is 71.4 cm³/mol. The second-order valence-electron chi connectivity index (χ2n) is 3.76. The maximum Gasteiger partial charge on any atom is 0.267 e. The van der Waals surface area contributed by atoms with Gasteiger partial charge in [0.05, 0.1) is 10.1 Å². The maximum absolute atomic E-state index is 13.5. The highest BCUT2D eigenvalue weighted by Crippen LogP contribution is 2.12. The first-order chi connectivity index (χ1) is 8.50. The molecule has 1 heterocycles. The number of rotatable bonds is 2. The van der Waals surface area contributed by atoms with Crippen LogP contribution >= 0.6 is 22.6 Å². The Bertz CT molecular complexity index is 655. The molecule has 0 atom stereocenters. The fraction of sp³-hybridized carbons (Fsp3) is 0.167. The highest BCUT2D eigenvalue weighted by Gasteiger charge is 2.11. The molecule has 0 saturated heterocycles. The van der Waals surface area contributed by atoms with Crippen molar-refractivity contribution in [1.29, 1.82) is 0 Å². The first-order valence-electron chi connectivity index (χ1n) is 5.15. The zero-order chi connectivity index (χ0) is 13.3. The van der Waals surface area contributed by atoms with Gasteiger partial charge in [0.1, 0.15) is 5.82 Å². The SMILES string of the molecule is Cc1ncc(I)c(=O)n1Cc1cccc(F)c1F. The molecule has 0 N–H and O–H groups in total. The number of nitrogens with zero attached hydrogens (tertiary/aromatic N) is 2. The van der Waals surface area contributed by atoms with Crippen LogP contribution in [0, 0.1) is 22.1 Å². The largest absolute Gasteiger partial charge is 0.291 e. The van der Waals surface area contributed by atoms with E-state index in [4.69, 9.17) is 0 Å². The molecule has 2 rings (SSSR count). The second kappa shape index (κ2) is 5.13. The van der Waals surface area contributed by atoms with Crippen LogP contribution in [0.5, 0.6) is 0 Å². The van der Waals surface area contributed by atoms with Crippen molar-refractivity contribution in [2.45, 2.75) is 13.5 Å². The topological polar surface area (TPSA) is 34.9 Å². The monoisotopic (exact) mass is 362 g/mol. The Balaban J connectivity index is 2.50. The lowest BCUT2D eigenvalue weighted by Gasteiger charge is -2.10. The van der Waals surface area contributed by atoms with E-state index in [1.54, 1.807) is 6.92 Å². The molecule has 0 fully saturated rings.